The monoisotopic (exact) mass is 935 g/mol. The Morgan fingerprint density at radius 1 is 0.313 bits per heavy atom. The first-order chi connectivity index (χ1) is 33.0. The molecule has 1 atom stereocenters. The molecule has 1 unspecified atom stereocenters. The fraction of sp³-hybridized carbons (Fsp3) is 0.754. The predicted molar refractivity (Wildman–Crippen MR) is 288 cm³/mol. The number of hydrogen-bond acceptors (Lipinski definition) is 6. The van der Waals surface area contributed by atoms with Gasteiger partial charge in [0.15, 0.2) is 6.10 Å². The van der Waals surface area contributed by atoms with E-state index in [1.807, 2.05) is 6.08 Å². The van der Waals surface area contributed by atoms with E-state index >= 15 is 0 Å². The van der Waals surface area contributed by atoms with Crippen LogP contribution < -0.4 is 0 Å². The zero-order chi connectivity index (χ0) is 48.6. The lowest BCUT2D eigenvalue weighted by atomic mass is 10.1. The van der Waals surface area contributed by atoms with E-state index in [4.69, 9.17) is 14.2 Å². The minimum absolute atomic E-state index is 0.106. The lowest BCUT2D eigenvalue weighted by Gasteiger charge is -2.18. The Bertz CT molecular complexity index is 1260. The van der Waals surface area contributed by atoms with Gasteiger partial charge < -0.3 is 14.2 Å². The first-order valence-electron chi connectivity index (χ1n) is 28.5. The van der Waals surface area contributed by atoms with Crippen molar-refractivity contribution in [2.45, 2.75) is 284 Å². The number of carbonyl (C=O) groups excluding carboxylic acids is 3. The summed E-state index contributed by atoms with van der Waals surface area (Å²) in [6.45, 7) is 6.55. The summed E-state index contributed by atoms with van der Waals surface area (Å²) >= 11 is 0. The molecule has 0 N–H and O–H groups in total. The maximum absolute atomic E-state index is 12.8. The Labute approximate surface area is 414 Å². The number of allylic oxidation sites excluding steroid dienone is 12. The molecular formula is C61H106O6. The van der Waals surface area contributed by atoms with E-state index in [0.29, 0.717) is 19.3 Å². The summed E-state index contributed by atoms with van der Waals surface area (Å²) in [5, 5.41) is 0. The molecule has 6 heteroatoms. The Morgan fingerprint density at radius 3 is 1.04 bits per heavy atom. The molecule has 0 aliphatic rings. The lowest BCUT2D eigenvalue weighted by molar-refractivity contribution is -0.166. The molecule has 0 heterocycles. The molecule has 0 aliphatic carbocycles. The quantitative estimate of drug-likeness (QED) is 0.0199. The highest BCUT2D eigenvalue weighted by Gasteiger charge is 2.19. The van der Waals surface area contributed by atoms with Crippen LogP contribution in [0.1, 0.15) is 278 Å². The van der Waals surface area contributed by atoms with Crippen LogP contribution >= 0.6 is 0 Å². The fourth-order valence-corrected chi connectivity index (χ4v) is 7.90. The van der Waals surface area contributed by atoms with Crippen molar-refractivity contribution in [3.63, 3.8) is 0 Å². The third-order valence-corrected chi connectivity index (χ3v) is 12.2. The van der Waals surface area contributed by atoms with E-state index in [0.717, 1.165) is 89.9 Å². The van der Waals surface area contributed by atoms with Crippen LogP contribution in [0.2, 0.25) is 0 Å². The molecule has 0 saturated heterocycles. The van der Waals surface area contributed by atoms with Crippen molar-refractivity contribution in [1.82, 2.24) is 0 Å². The Hall–Kier alpha value is -3.15. The topological polar surface area (TPSA) is 78.9 Å². The third kappa shape index (κ3) is 53.7. The molecule has 0 rings (SSSR count). The average Bonchev–Trinajstić information content (AvgIpc) is 3.33. The Kier molecular flexibility index (Phi) is 52.8. The SMILES string of the molecule is CCCCCCC\C=C/C=C\C=C/CCCCCCCC(=O)OCC(COC(=O)CC/C=C\C/C=C\CCCCCCCC)OC(=O)CCCCCCC/C=C\CCCCCCCCCCC. The molecule has 0 aromatic carbocycles. The van der Waals surface area contributed by atoms with Crippen molar-refractivity contribution >= 4 is 17.9 Å². The molecule has 0 fully saturated rings. The van der Waals surface area contributed by atoms with Gasteiger partial charge >= 0.3 is 17.9 Å². The fourth-order valence-electron chi connectivity index (χ4n) is 7.90. The van der Waals surface area contributed by atoms with E-state index in [1.165, 1.54) is 141 Å². The summed E-state index contributed by atoms with van der Waals surface area (Å²) in [6, 6.07) is 0. The zero-order valence-electron chi connectivity index (χ0n) is 44.2. The van der Waals surface area contributed by atoms with Crippen LogP contribution in [0.25, 0.3) is 0 Å². The first-order valence-corrected chi connectivity index (χ1v) is 28.5. The molecule has 6 nitrogen and oxygen atoms in total. The van der Waals surface area contributed by atoms with Crippen LogP contribution in [0.5, 0.6) is 0 Å². The molecule has 0 bridgehead atoms. The van der Waals surface area contributed by atoms with Gasteiger partial charge in [-0.25, -0.2) is 0 Å². The second kappa shape index (κ2) is 55.4. The first kappa shape index (κ1) is 63.8. The molecular weight excluding hydrogens is 829 g/mol. The summed E-state index contributed by atoms with van der Waals surface area (Å²) in [5.41, 5.74) is 0. The van der Waals surface area contributed by atoms with Crippen LogP contribution in [-0.4, -0.2) is 37.2 Å². The molecule has 0 aromatic heterocycles. The van der Waals surface area contributed by atoms with E-state index < -0.39 is 6.10 Å². The van der Waals surface area contributed by atoms with Gasteiger partial charge in [-0.1, -0.05) is 241 Å². The van der Waals surface area contributed by atoms with Crippen molar-refractivity contribution in [3.8, 4) is 0 Å². The molecule has 0 aromatic rings. The number of hydrogen-bond donors (Lipinski definition) is 0. The van der Waals surface area contributed by atoms with Crippen molar-refractivity contribution in [2.24, 2.45) is 0 Å². The molecule has 0 amide bonds. The van der Waals surface area contributed by atoms with Crippen LogP contribution in [-0.2, 0) is 28.6 Å². The summed E-state index contributed by atoms with van der Waals surface area (Å²) in [4.78, 5) is 38.1. The van der Waals surface area contributed by atoms with Gasteiger partial charge in [0, 0.05) is 19.3 Å². The van der Waals surface area contributed by atoms with Crippen LogP contribution in [0.3, 0.4) is 0 Å². The molecule has 0 radical (unpaired) electrons. The molecule has 0 spiro atoms. The van der Waals surface area contributed by atoms with Crippen LogP contribution in [0.15, 0.2) is 72.9 Å². The molecule has 67 heavy (non-hydrogen) atoms. The van der Waals surface area contributed by atoms with E-state index in [2.05, 4.69) is 87.6 Å². The molecule has 0 saturated carbocycles. The lowest BCUT2D eigenvalue weighted by Crippen LogP contribution is -2.30. The van der Waals surface area contributed by atoms with Crippen molar-refractivity contribution in [2.75, 3.05) is 13.2 Å². The average molecular weight is 936 g/mol. The van der Waals surface area contributed by atoms with Gasteiger partial charge in [0.1, 0.15) is 13.2 Å². The predicted octanol–water partition coefficient (Wildman–Crippen LogP) is 19.0. The number of ether oxygens (including phenoxy) is 3. The van der Waals surface area contributed by atoms with E-state index in [9.17, 15) is 14.4 Å². The maximum Gasteiger partial charge on any atom is 0.306 e. The normalized spacial score (nSPS) is 12.6. The highest BCUT2D eigenvalue weighted by atomic mass is 16.6. The third-order valence-electron chi connectivity index (χ3n) is 12.2. The zero-order valence-corrected chi connectivity index (χ0v) is 44.2. The van der Waals surface area contributed by atoms with E-state index in [1.54, 1.807) is 0 Å². The summed E-state index contributed by atoms with van der Waals surface area (Å²) in [6.07, 6.45) is 70.4. The van der Waals surface area contributed by atoms with Crippen LogP contribution in [0.4, 0.5) is 0 Å². The number of esters is 3. The van der Waals surface area contributed by atoms with Gasteiger partial charge in [0.25, 0.3) is 0 Å². The maximum atomic E-state index is 12.8. The van der Waals surface area contributed by atoms with Crippen LogP contribution in [0, 0.1) is 0 Å². The second-order valence-electron chi connectivity index (χ2n) is 18.9. The highest BCUT2D eigenvalue weighted by Crippen LogP contribution is 2.14. The second-order valence-corrected chi connectivity index (χ2v) is 18.9. The summed E-state index contributed by atoms with van der Waals surface area (Å²) in [7, 11) is 0. The largest absolute Gasteiger partial charge is 0.462 e. The van der Waals surface area contributed by atoms with Gasteiger partial charge in [-0.05, 0) is 89.9 Å². The van der Waals surface area contributed by atoms with E-state index in [-0.39, 0.29) is 37.5 Å². The minimum Gasteiger partial charge on any atom is -0.462 e. The Morgan fingerprint density at radius 2 is 0.627 bits per heavy atom. The summed E-state index contributed by atoms with van der Waals surface area (Å²) < 4.78 is 16.8. The smallest absolute Gasteiger partial charge is 0.306 e. The van der Waals surface area contributed by atoms with Gasteiger partial charge in [-0.15, -0.1) is 0 Å². The number of carbonyl (C=O) groups is 3. The van der Waals surface area contributed by atoms with Gasteiger partial charge in [0.2, 0.25) is 0 Å². The Balaban J connectivity index is 4.47. The molecule has 0 aliphatic heterocycles. The van der Waals surface area contributed by atoms with Crippen molar-refractivity contribution in [1.29, 1.82) is 0 Å². The number of unbranched alkanes of at least 4 members (excludes halogenated alkanes) is 30. The van der Waals surface area contributed by atoms with Crippen molar-refractivity contribution < 1.29 is 28.6 Å². The standard InChI is InChI=1S/C61H106O6/c1-4-7-10-13-16-19-22-25-27-29-31-33-36-39-42-45-48-51-54-60(63)66-57-58(56-65-59(62)53-50-47-44-41-38-35-24-21-18-15-12-9-6-3)67-61(64)55-52-49-46-43-40-37-34-32-30-28-26-23-20-17-14-11-8-5-2/h22,25,27,29,31-35,38,44,47,58H,4-21,23-24,26,28,30,36-37,39-43,45-46,48-57H2,1-3H3/b25-22-,29-27-,33-31-,34-32-,38-35-,47-44-. The van der Waals surface area contributed by atoms with Crippen molar-refractivity contribution in [3.05, 3.63) is 72.9 Å². The highest BCUT2D eigenvalue weighted by molar-refractivity contribution is 5.71. The number of rotatable bonds is 51. The van der Waals surface area contributed by atoms with Gasteiger partial charge in [-0.2, -0.15) is 0 Å². The van der Waals surface area contributed by atoms with Gasteiger partial charge in [0.05, 0.1) is 0 Å². The summed E-state index contributed by atoms with van der Waals surface area (Å²) in [5.74, 6) is -0.996. The van der Waals surface area contributed by atoms with Gasteiger partial charge in [-0.3, -0.25) is 14.4 Å². The minimum atomic E-state index is -0.811. The molecule has 386 valence electrons.